The third-order valence-electron chi connectivity index (χ3n) is 4.86. The number of rotatable bonds is 5. The SMILES string of the molecule is Clc1nc(Nc2cccc3ccccc23)nc(N(c2ccccc2)c2ccccc2)n1. The van der Waals surface area contributed by atoms with Crippen LogP contribution in [0.2, 0.25) is 5.28 Å². The molecule has 4 aromatic carbocycles. The van der Waals surface area contributed by atoms with Gasteiger partial charge in [0.2, 0.25) is 17.2 Å². The highest BCUT2D eigenvalue weighted by atomic mass is 35.5. The normalized spacial score (nSPS) is 10.7. The largest absolute Gasteiger partial charge is 0.323 e. The van der Waals surface area contributed by atoms with Gasteiger partial charge in [0.25, 0.3) is 0 Å². The van der Waals surface area contributed by atoms with Crippen molar-refractivity contribution in [3.8, 4) is 0 Å². The van der Waals surface area contributed by atoms with Crippen molar-refractivity contribution in [2.24, 2.45) is 0 Å². The maximum absolute atomic E-state index is 6.32. The highest BCUT2D eigenvalue weighted by Crippen LogP contribution is 2.33. The lowest BCUT2D eigenvalue weighted by Gasteiger charge is -2.23. The predicted octanol–water partition coefficient (Wildman–Crippen LogP) is 6.89. The number of halogens is 1. The zero-order valence-electron chi connectivity index (χ0n) is 16.5. The molecule has 0 aliphatic heterocycles. The fourth-order valence-electron chi connectivity index (χ4n) is 3.48. The zero-order valence-corrected chi connectivity index (χ0v) is 17.2. The zero-order chi connectivity index (χ0) is 21.0. The van der Waals surface area contributed by atoms with Gasteiger partial charge in [0.15, 0.2) is 0 Å². The lowest BCUT2D eigenvalue weighted by molar-refractivity contribution is 1.01. The molecule has 6 heteroatoms. The van der Waals surface area contributed by atoms with E-state index in [2.05, 4.69) is 33.5 Å². The van der Waals surface area contributed by atoms with E-state index < -0.39 is 0 Å². The Labute approximate surface area is 185 Å². The molecule has 0 spiro atoms. The molecular formula is C25H18ClN5. The van der Waals surface area contributed by atoms with Crippen molar-refractivity contribution in [2.45, 2.75) is 0 Å². The Morgan fingerprint density at radius 3 is 1.94 bits per heavy atom. The van der Waals surface area contributed by atoms with Crippen molar-refractivity contribution in [1.82, 2.24) is 15.0 Å². The molecule has 0 amide bonds. The maximum Gasteiger partial charge on any atom is 0.240 e. The summed E-state index contributed by atoms with van der Waals surface area (Å²) in [6.45, 7) is 0. The Morgan fingerprint density at radius 2 is 1.23 bits per heavy atom. The fourth-order valence-corrected chi connectivity index (χ4v) is 3.64. The number of nitrogens with zero attached hydrogens (tertiary/aromatic N) is 4. The monoisotopic (exact) mass is 423 g/mol. The van der Waals surface area contributed by atoms with Crippen LogP contribution in [0.3, 0.4) is 0 Å². The molecule has 0 aliphatic carbocycles. The van der Waals surface area contributed by atoms with E-state index in [-0.39, 0.29) is 5.28 Å². The summed E-state index contributed by atoms with van der Waals surface area (Å²) >= 11 is 6.32. The lowest BCUT2D eigenvalue weighted by Crippen LogP contribution is -2.15. The molecule has 0 unspecified atom stereocenters. The summed E-state index contributed by atoms with van der Waals surface area (Å²) < 4.78 is 0. The van der Waals surface area contributed by atoms with E-state index in [9.17, 15) is 0 Å². The molecule has 0 fully saturated rings. The average Bonchev–Trinajstić information content (AvgIpc) is 2.81. The van der Waals surface area contributed by atoms with Crippen molar-refractivity contribution < 1.29 is 0 Å². The second kappa shape index (κ2) is 8.42. The summed E-state index contributed by atoms with van der Waals surface area (Å²) in [6, 6.07) is 34.1. The second-order valence-electron chi connectivity index (χ2n) is 6.89. The van der Waals surface area contributed by atoms with Crippen LogP contribution in [-0.4, -0.2) is 15.0 Å². The minimum absolute atomic E-state index is 0.115. The van der Waals surface area contributed by atoms with Gasteiger partial charge in [0, 0.05) is 22.4 Å². The fraction of sp³-hybridized carbons (Fsp3) is 0. The van der Waals surface area contributed by atoms with Gasteiger partial charge in [0.05, 0.1) is 0 Å². The minimum atomic E-state index is 0.115. The molecule has 150 valence electrons. The predicted molar refractivity (Wildman–Crippen MR) is 127 cm³/mol. The molecule has 0 atom stereocenters. The Bertz CT molecular complexity index is 1280. The van der Waals surface area contributed by atoms with E-state index in [0.29, 0.717) is 11.9 Å². The first-order chi connectivity index (χ1) is 15.3. The third kappa shape index (κ3) is 4.04. The Kier molecular flexibility index (Phi) is 5.17. The van der Waals surface area contributed by atoms with Crippen LogP contribution in [0.1, 0.15) is 0 Å². The van der Waals surface area contributed by atoms with Crippen LogP contribution in [0.5, 0.6) is 0 Å². The van der Waals surface area contributed by atoms with Gasteiger partial charge in [-0.05, 0) is 47.3 Å². The van der Waals surface area contributed by atoms with Gasteiger partial charge in [0.1, 0.15) is 0 Å². The molecule has 0 saturated carbocycles. The molecule has 5 rings (SSSR count). The highest BCUT2D eigenvalue weighted by molar-refractivity contribution is 6.28. The topological polar surface area (TPSA) is 53.9 Å². The molecule has 0 saturated heterocycles. The number of aromatic nitrogens is 3. The Hall–Kier alpha value is -3.96. The van der Waals surface area contributed by atoms with Gasteiger partial charge >= 0.3 is 0 Å². The summed E-state index contributed by atoms with van der Waals surface area (Å²) in [4.78, 5) is 15.4. The minimum Gasteiger partial charge on any atom is -0.323 e. The van der Waals surface area contributed by atoms with Gasteiger partial charge in [-0.25, -0.2) is 0 Å². The number of anilines is 5. The van der Waals surface area contributed by atoms with Crippen LogP contribution >= 0.6 is 11.6 Å². The van der Waals surface area contributed by atoms with Crippen LogP contribution in [0.4, 0.5) is 29.0 Å². The van der Waals surface area contributed by atoms with Crippen LogP contribution in [-0.2, 0) is 0 Å². The summed E-state index contributed by atoms with van der Waals surface area (Å²) in [5.74, 6) is 0.809. The Morgan fingerprint density at radius 1 is 0.613 bits per heavy atom. The smallest absolute Gasteiger partial charge is 0.240 e. The highest BCUT2D eigenvalue weighted by Gasteiger charge is 2.17. The lowest BCUT2D eigenvalue weighted by atomic mass is 10.1. The molecule has 31 heavy (non-hydrogen) atoms. The van der Waals surface area contributed by atoms with Crippen molar-refractivity contribution in [1.29, 1.82) is 0 Å². The molecule has 1 N–H and O–H groups in total. The van der Waals surface area contributed by atoms with Gasteiger partial charge in [-0.3, -0.25) is 4.90 Å². The van der Waals surface area contributed by atoms with Crippen molar-refractivity contribution >= 4 is 51.3 Å². The first-order valence-electron chi connectivity index (χ1n) is 9.84. The molecular weight excluding hydrogens is 406 g/mol. The van der Waals surface area contributed by atoms with E-state index in [1.165, 1.54) is 0 Å². The van der Waals surface area contributed by atoms with E-state index >= 15 is 0 Å². The van der Waals surface area contributed by atoms with Gasteiger partial charge in [-0.15, -0.1) is 0 Å². The van der Waals surface area contributed by atoms with Crippen LogP contribution < -0.4 is 10.2 Å². The number of hydrogen-bond acceptors (Lipinski definition) is 5. The molecule has 5 aromatic rings. The number of fused-ring (bicyclic) bond motifs is 1. The number of para-hydroxylation sites is 2. The maximum atomic E-state index is 6.32. The molecule has 1 heterocycles. The molecule has 5 nitrogen and oxygen atoms in total. The standard InChI is InChI=1S/C25H18ClN5/c26-23-28-24(27-22-17-9-11-18-10-7-8-16-21(18)22)30-25(29-23)31(19-12-3-1-4-13-19)20-14-5-2-6-15-20/h1-17H,(H,27,28,29,30). The van der Waals surface area contributed by atoms with Crippen LogP contribution in [0.25, 0.3) is 10.8 Å². The van der Waals surface area contributed by atoms with Crippen LogP contribution in [0, 0.1) is 0 Å². The van der Waals surface area contributed by atoms with Crippen molar-refractivity contribution in [2.75, 3.05) is 10.2 Å². The number of hydrogen-bond donors (Lipinski definition) is 1. The first kappa shape index (κ1) is 19.0. The second-order valence-corrected chi connectivity index (χ2v) is 7.22. The average molecular weight is 424 g/mol. The summed E-state index contributed by atoms with van der Waals surface area (Å²) in [6.07, 6.45) is 0. The summed E-state index contributed by atoms with van der Waals surface area (Å²) in [5, 5.41) is 5.63. The van der Waals surface area contributed by atoms with E-state index in [0.717, 1.165) is 27.8 Å². The molecule has 0 bridgehead atoms. The number of benzene rings is 4. The quantitative estimate of drug-likeness (QED) is 0.333. The van der Waals surface area contributed by atoms with Crippen molar-refractivity contribution in [3.63, 3.8) is 0 Å². The van der Waals surface area contributed by atoms with E-state index in [1.54, 1.807) is 0 Å². The summed E-state index contributed by atoms with van der Waals surface area (Å²) in [5.41, 5.74) is 2.75. The third-order valence-corrected chi connectivity index (χ3v) is 5.03. The van der Waals surface area contributed by atoms with Crippen molar-refractivity contribution in [3.05, 3.63) is 108 Å². The van der Waals surface area contributed by atoms with Gasteiger partial charge < -0.3 is 5.32 Å². The summed E-state index contributed by atoms with van der Waals surface area (Å²) in [7, 11) is 0. The molecule has 1 aromatic heterocycles. The van der Waals surface area contributed by atoms with Gasteiger partial charge in [-0.1, -0.05) is 72.8 Å². The van der Waals surface area contributed by atoms with E-state index in [4.69, 9.17) is 16.6 Å². The van der Waals surface area contributed by atoms with Gasteiger partial charge in [-0.2, -0.15) is 15.0 Å². The Balaban J connectivity index is 1.60. The van der Waals surface area contributed by atoms with E-state index in [1.807, 2.05) is 89.8 Å². The molecule has 0 aliphatic rings. The van der Waals surface area contributed by atoms with Crippen LogP contribution in [0.15, 0.2) is 103 Å². The first-order valence-corrected chi connectivity index (χ1v) is 10.2. The number of nitrogens with one attached hydrogen (secondary N) is 1. The molecule has 0 radical (unpaired) electrons.